The highest BCUT2D eigenvalue weighted by molar-refractivity contribution is 5.41. The highest BCUT2D eigenvalue weighted by Crippen LogP contribution is 2.12. The zero-order chi connectivity index (χ0) is 14.8. The van der Waals surface area contributed by atoms with Gasteiger partial charge in [-0.25, -0.2) is 4.98 Å². The highest BCUT2D eigenvalue weighted by Gasteiger charge is 1.97. The lowest BCUT2D eigenvalue weighted by Gasteiger charge is -2.08. The molecule has 0 spiro atoms. The second-order valence-electron chi connectivity index (χ2n) is 4.74. The number of rotatable bonds is 9. The molecule has 1 aromatic heterocycles. The van der Waals surface area contributed by atoms with Crippen molar-refractivity contribution in [3.05, 3.63) is 54.2 Å². The Hall–Kier alpha value is -2.07. The van der Waals surface area contributed by atoms with Crippen LogP contribution in [0.2, 0.25) is 0 Å². The van der Waals surface area contributed by atoms with Crippen LogP contribution in [0, 0.1) is 0 Å². The first-order valence-corrected chi connectivity index (χ1v) is 7.24. The number of nitrogens with zero attached hydrogens (tertiary/aromatic N) is 1. The number of methoxy groups -OCH3 is 1. The molecule has 0 saturated heterocycles. The normalized spacial score (nSPS) is 10.3. The molecule has 0 fully saturated rings. The van der Waals surface area contributed by atoms with Gasteiger partial charge in [0.1, 0.15) is 6.61 Å². The molecule has 1 N–H and O–H groups in total. The van der Waals surface area contributed by atoms with Gasteiger partial charge in [0, 0.05) is 19.7 Å². The maximum Gasteiger partial charge on any atom is 0.213 e. The minimum atomic E-state index is 0.521. The topological polar surface area (TPSA) is 43.4 Å². The number of aromatic nitrogens is 1. The number of pyridine rings is 1. The number of ether oxygens (including phenoxy) is 2. The van der Waals surface area contributed by atoms with Crippen LogP contribution >= 0.6 is 0 Å². The summed E-state index contributed by atoms with van der Waals surface area (Å²) < 4.78 is 10.3. The summed E-state index contributed by atoms with van der Waals surface area (Å²) in [6.07, 6.45) is 3.97. The molecule has 0 radical (unpaired) electrons. The fourth-order valence-electron chi connectivity index (χ4n) is 1.97. The number of aryl methyl sites for hydroxylation is 1. The summed E-state index contributed by atoms with van der Waals surface area (Å²) in [6.45, 7) is 2.02. The van der Waals surface area contributed by atoms with Gasteiger partial charge in [0.15, 0.2) is 0 Å². The summed E-state index contributed by atoms with van der Waals surface area (Å²) in [7, 11) is 1.65. The minimum Gasteiger partial charge on any atom is -0.475 e. The van der Waals surface area contributed by atoms with Crippen molar-refractivity contribution in [2.45, 2.75) is 12.8 Å². The smallest absolute Gasteiger partial charge is 0.213 e. The largest absolute Gasteiger partial charge is 0.475 e. The SMILES string of the molecule is COCCOc1ccc(NCCCc2ccccc2)cn1. The van der Waals surface area contributed by atoms with E-state index < -0.39 is 0 Å². The van der Waals surface area contributed by atoms with E-state index in [0.717, 1.165) is 25.1 Å². The highest BCUT2D eigenvalue weighted by atomic mass is 16.5. The summed E-state index contributed by atoms with van der Waals surface area (Å²) in [5.74, 6) is 0.627. The molecule has 1 aromatic carbocycles. The van der Waals surface area contributed by atoms with Crippen LogP contribution in [-0.2, 0) is 11.2 Å². The third-order valence-electron chi connectivity index (χ3n) is 3.09. The van der Waals surface area contributed by atoms with Gasteiger partial charge in [-0.1, -0.05) is 30.3 Å². The second kappa shape index (κ2) is 8.97. The fraction of sp³-hybridized carbons (Fsp3) is 0.353. The fourth-order valence-corrected chi connectivity index (χ4v) is 1.97. The Labute approximate surface area is 126 Å². The first kappa shape index (κ1) is 15.3. The number of hydrogen-bond donors (Lipinski definition) is 1. The number of benzene rings is 1. The van der Waals surface area contributed by atoms with E-state index in [9.17, 15) is 0 Å². The standard InChI is InChI=1S/C17H22N2O2/c1-20-12-13-21-17-10-9-16(14-19-17)18-11-5-8-15-6-3-2-4-7-15/h2-4,6-7,9-10,14,18H,5,8,11-13H2,1H3. The molecule has 0 unspecified atom stereocenters. The van der Waals surface area contributed by atoms with E-state index in [2.05, 4.69) is 34.6 Å². The zero-order valence-corrected chi connectivity index (χ0v) is 12.4. The van der Waals surface area contributed by atoms with E-state index in [0.29, 0.717) is 19.1 Å². The predicted molar refractivity (Wildman–Crippen MR) is 84.9 cm³/mol. The van der Waals surface area contributed by atoms with E-state index in [1.807, 2.05) is 18.2 Å². The van der Waals surface area contributed by atoms with E-state index in [-0.39, 0.29) is 0 Å². The van der Waals surface area contributed by atoms with Crippen molar-refractivity contribution in [1.29, 1.82) is 0 Å². The van der Waals surface area contributed by atoms with Crippen molar-refractivity contribution in [2.75, 3.05) is 32.2 Å². The summed E-state index contributed by atoms with van der Waals surface area (Å²) in [5, 5.41) is 3.37. The Balaban J connectivity index is 1.66. The maximum atomic E-state index is 5.42. The van der Waals surface area contributed by atoms with Crippen molar-refractivity contribution in [1.82, 2.24) is 4.98 Å². The van der Waals surface area contributed by atoms with Gasteiger partial charge < -0.3 is 14.8 Å². The average Bonchev–Trinajstić information content (AvgIpc) is 2.54. The molecule has 1 heterocycles. The van der Waals surface area contributed by atoms with Crippen LogP contribution in [0.3, 0.4) is 0 Å². The van der Waals surface area contributed by atoms with E-state index in [1.165, 1.54) is 5.56 Å². The van der Waals surface area contributed by atoms with Crippen molar-refractivity contribution in [3.8, 4) is 5.88 Å². The van der Waals surface area contributed by atoms with Crippen molar-refractivity contribution < 1.29 is 9.47 Å². The number of hydrogen-bond acceptors (Lipinski definition) is 4. The molecule has 0 bridgehead atoms. The monoisotopic (exact) mass is 286 g/mol. The lowest BCUT2D eigenvalue weighted by atomic mass is 10.1. The lowest BCUT2D eigenvalue weighted by molar-refractivity contribution is 0.144. The van der Waals surface area contributed by atoms with Crippen molar-refractivity contribution in [3.63, 3.8) is 0 Å². The third kappa shape index (κ3) is 5.83. The Kier molecular flexibility index (Phi) is 6.55. The molecule has 2 aromatic rings. The van der Waals surface area contributed by atoms with E-state index in [4.69, 9.17) is 9.47 Å². The van der Waals surface area contributed by atoms with Crippen LogP contribution in [-0.4, -0.2) is 31.9 Å². The molecule has 0 amide bonds. The van der Waals surface area contributed by atoms with Gasteiger partial charge in [-0.05, 0) is 24.5 Å². The Morgan fingerprint density at radius 2 is 1.90 bits per heavy atom. The molecule has 4 heteroatoms. The van der Waals surface area contributed by atoms with Gasteiger partial charge in [-0.3, -0.25) is 0 Å². The summed E-state index contributed by atoms with van der Waals surface area (Å²) >= 11 is 0. The number of nitrogens with one attached hydrogen (secondary N) is 1. The van der Waals surface area contributed by atoms with Crippen LogP contribution in [0.4, 0.5) is 5.69 Å². The van der Waals surface area contributed by atoms with Crippen LogP contribution in [0.15, 0.2) is 48.7 Å². The molecule has 0 aliphatic rings. The second-order valence-corrected chi connectivity index (χ2v) is 4.74. The Morgan fingerprint density at radius 3 is 2.62 bits per heavy atom. The maximum absolute atomic E-state index is 5.42. The van der Waals surface area contributed by atoms with Gasteiger partial charge in [0.05, 0.1) is 18.5 Å². The summed E-state index contributed by atoms with van der Waals surface area (Å²) in [6, 6.07) is 14.4. The first-order valence-electron chi connectivity index (χ1n) is 7.24. The predicted octanol–water partition coefficient (Wildman–Crippen LogP) is 3.15. The Morgan fingerprint density at radius 1 is 1.05 bits per heavy atom. The van der Waals surface area contributed by atoms with E-state index >= 15 is 0 Å². The summed E-state index contributed by atoms with van der Waals surface area (Å²) in [4.78, 5) is 4.25. The molecule has 0 saturated carbocycles. The number of anilines is 1. The molecule has 21 heavy (non-hydrogen) atoms. The lowest BCUT2D eigenvalue weighted by Crippen LogP contribution is -2.06. The van der Waals surface area contributed by atoms with Crippen molar-refractivity contribution >= 4 is 5.69 Å². The van der Waals surface area contributed by atoms with Gasteiger partial charge in [-0.15, -0.1) is 0 Å². The van der Waals surface area contributed by atoms with Crippen LogP contribution in [0.25, 0.3) is 0 Å². The molecular weight excluding hydrogens is 264 g/mol. The molecule has 2 rings (SSSR count). The van der Waals surface area contributed by atoms with Gasteiger partial charge >= 0.3 is 0 Å². The summed E-state index contributed by atoms with van der Waals surface area (Å²) in [5.41, 5.74) is 2.39. The molecule has 0 aliphatic carbocycles. The zero-order valence-electron chi connectivity index (χ0n) is 12.4. The Bertz CT molecular complexity index is 500. The molecule has 0 atom stereocenters. The van der Waals surface area contributed by atoms with Gasteiger partial charge in [-0.2, -0.15) is 0 Å². The van der Waals surface area contributed by atoms with Crippen LogP contribution < -0.4 is 10.1 Å². The molecule has 112 valence electrons. The van der Waals surface area contributed by atoms with Crippen LogP contribution in [0.5, 0.6) is 5.88 Å². The molecule has 4 nitrogen and oxygen atoms in total. The molecule has 0 aliphatic heterocycles. The average molecular weight is 286 g/mol. The first-order chi connectivity index (χ1) is 10.4. The minimum absolute atomic E-state index is 0.521. The quantitative estimate of drug-likeness (QED) is 0.719. The van der Waals surface area contributed by atoms with Gasteiger partial charge in [0.25, 0.3) is 0 Å². The van der Waals surface area contributed by atoms with Crippen molar-refractivity contribution in [2.24, 2.45) is 0 Å². The molecular formula is C17H22N2O2. The van der Waals surface area contributed by atoms with E-state index in [1.54, 1.807) is 13.3 Å². The van der Waals surface area contributed by atoms with Crippen LogP contribution in [0.1, 0.15) is 12.0 Å². The third-order valence-corrected chi connectivity index (χ3v) is 3.09. The van der Waals surface area contributed by atoms with Gasteiger partial charge in [0.2, 0.25) is 5.88 Å².